The van der Waals surface area contributed by atoms with Crippen molar-refractivity contribution in [1.82, 2.24) is 5.32 Å². The zero-order chi connectivity index (χ0) is 6.81. The van der Waals surface area contributed by atoms with Gasteiger partial charge in [0.1, 0.15) is 0 Å². The van der Waals surface area contributed by atoms with E-state index in [0.29, 0.717) is 6.04 Å². The van der Waals surface area contributed by atoms with E-state index in [2.05, 4.69) is 29.6 Å². The van der Waals surface area contributed by atoms with E-state index < -0.39 is 0 Å². The molecule has 1 N–H and O–H groups in total. The Kier molecular flexibility index (Phi) is 4.03. The van der Waals surface area contributed by atoms with Gasteiger partial charge in [-0.15, -0.1) is 0 Å². The molecule has 1 atom stereocenters. The average molecular weight is 273 g/mol. The number of nitrogens with one attached hydrogen (secondary N) is 1. The van der Waals surface area contributed by atoms with Gasteiger partial charge >= 0.3 is 48.9 Å². The first kappa shape index (κ1) is 9.68. The van der Waals surface area contributed by atoms with Crippen LogP contribution in [0.3, 0.4) is 0 Å². The molecule has 0 saturated heterocycles. The Balaban J connectivity index is 0. The Morgan fingerprint density at radius 2 is 2.36 bits per heavy atom. The molecule has 1 aliphatic carbocycles. The molecule has 0 saturated carbocycles. The van der Waals surface area contributed by atoms with E-state index in [1.807, 2.05) is 6.20 Å². The number of fused-ring (bicyclic) bond motifs is 1. The van der Waals surface area contributed by atoms with Crippen LogP contribution < -0.4 is 5.32 Å². The van der Waals surface area contributed by atoms with Gasteiger partial charge in [-0.1, -0.05) is 18.2 Å². The third-order valence-corrected chi connectivity index (χ3v) is 2.04. The molecule has 2 heteroatoms. The van der Waals surface area contributed by atoms with Crippen LogP contribution in [0.5, 0.6) is 0 Å². The Morgan fingerprint density at radius 3 is 3.18 bits per heavy atom. The van der Waals surface area contributed by atoms with Crippen LogP contribution in [0.15, 0.2) is 36.1 Å². The monoisotopic (exact) mass is 273 g/mol. The van der Waals surface area contributed by atoms with Crippen LogP contribution in [0.25, 0.3) is 0 Å². The topological polar surface area (TPSA) is 12.0 Å². The van der Waals surface area contributed by atoms with Crippen molar-refractivity contribution in [3.8, 4) is 0 Å². The molecule has 0 fully saturated rings. The van der Waals surface area contributed by atoms with Gasteiger partial charge in [-0.2, -0.15) is 0 Å². The standard InChI is InChI=1S/C9H11N.Ba.2H/c1-2-6-9-8(4-1)5-3-7-10-9;;;/h1-3,5,7,9-10H,4,6H2;;;/q;+2;2*-1. The van der Waals surface area contributed by atoms with Crippen LogP contribution in [0.2, 0.25) is 0 Å². The normalized spacial score (nSPS) is 26.2. The van der Waals surface area contributed by atoms with Gasteiger partial charge in [0, 0.05) is 0 Å². The van der Waals surface area contributed by atoms with E-state index in [4.69, 9.17) is 0 Å². The van der Waals surface area contributed by atoms with Crippen molar-refractivity contribution in [2.45, 2.75) is 18.9 Å². The van der Waals surface area contributed by atoms with E-state index in [1.54, 1.807) is 0 Å². The molecule has 0 bridgehead atoms. The van der Waals surface area contributed by atoms with Crippen LogP contribution >= 0.6 is 0 Å². The van der Waals surface area contributed by atoms with Gasteiger partial charge in [0.05, 0.1) is 6.04 Å². The molecule has 1 nitrogen and oxygen atoms in total. The van der Waals surface area contributed by atoms with Crippen molar-refractivity contribution in [2.24, 2.45) is 0 Å². The molecule has 1 aliphatic heterocycles. The first-order chi connectivity index (χ1) is 4.97. The quantitative estimate of drug-likeness (QED) is 0.522. The van der Waals surface area contributed by atoms with Gasteiger partial charge in [-0.05, 0) is 30.7 Å². The summed E-state index contributed by atoms with van der Waals surface area (Å²) in [5, 5.41) is 3.32. The maximum Gasteiger partial charge on any atom is 2.00 e. The van der Waals surface area contributed by atoms with Crippen LogP contribution in [0, 0.1) is 0 Å². The molecule has 0 aromatic carbocycles. The largest absolute Gasteiger partial charge is 2.00 e. The molecule has 0 aromatic heterocycles. The third-order valence-electron chi connectivity index (χ3n) is 2.04. The van der Waals surface area contributed by atoms with Crippen molar-refractivity contribution in [2.75, 3.05) is 0 Å². The second kappa shape index (κ2) is 4.58. The Labute approximate surface area is 111 Å². The Hall–Kier alpha value is 0.591. The summed E-state index contributed by atoms with van der Waals surface area (Å²) in [5.74, 6) is 0. The summed E-state index contributed by atoms with van der Waals surface area (Å²) in [4.78, 5) is 0. The van der Waals surface area contributed by atoms with Gasteiger partial charge in [-0.3, -0.25) is 0 Å². The van der Waals surface area contributed by atoms with Crippen LogP contribution in [-0.2, 0) is 0 Å². The van der Waals surface area contributed by atoms with Crippen molar-refractivity contribution in [3.05, 3.63) is 36.1 Å². The Morgan fingerprint density at radius 1 is 1.45 bits per heavy atom. The van der Waals surface area contributed by atoms with Gasteiger partial charge in [0.25, 0.3) is 0 Å². The zero-order valence-electron chi connectivity index (χ0n) is 8.59. The molecule has 0 amide bonds. The van der Waals surface area contributed by atoms with E-state index in [9.17, 15) is 0 Å². The maximum absolute atomic E-state index is 3.32. The molecule has 56 valence electrons. The second-order valence-corrected chi connectivity index (χ2v) is 2.73. The fourth-order valence-corrected chi connectivity index (χ4v) is 1.45. The van der Waals surface area contributed by atoms with Crippen LogP contribution in [-0.4, -0.2) is 54.9 Å². The second-order valence-electron chi connectivity index (χ2n) is 2.73. The predicted octanol–water partition coefficient (Wildman–Crippen LogP) is 1.59. The first-order valence-corrected chi connectivity index (χ1v) is 3.73. The molecule has 0 aromatic rings. The summed E-state index contributed by atoms with van der Waals surface area (Å²) in [7, 11) is 0. The summed E-state index contributed by atoms with van der Waals surface area (Å²) in [6.45, 7) is 0. The fraction of sp³-hybridized carbons (Fsp3) is 0.333. The summed E-state index contributed by atoms with van der Waals surface area (Å²) in [5.41, 5.74) is 1.52. The van der Waals surface area contributed by atoms with Crippen LogP contribution in [0.1, 0.15) is 15.7 Å². The van der Waals surface area contributed by atoms with Gasteiger partial charge in [0.15, 0.2) is 0 Å². The van der Waals surface area contributed by atoms with Crippen molar-refractivity contribution < 1.29 is 2.85 Å². The predicted molar refractivity (Wildman–Crippen MR) is 50.5 cm³/mol. The van der Waals surface area contributed by atoms with E-state index in [-0.39, 0.29) is 51.7 Å². The molecule has 0 radical (unpaired) electrons. The number of hydrogen-bond donors (Lipinski definition) is 1. The summed E-state index contributed by atoms with van der Waals surface area (Å²) in [6, 6.07) is 0.593. The SMILES string of the molecule is C1=CNC2CC=CCC2=C1.[Ba+2].[H-].[H-]. The zero-order valence-corrected chi connectivity index (χ0v) is 11.0. The minimum absolute atomic E-state index is 0. The molecule has 0 spiro atoms. The fourth-order valence-electron chi connectivity index (χ4n) is 1.45. The average Bonchev–Trinajstić information content (AvgIpc) is 2.05. The van der Waals surface area contributed by atoms with E-state index >= 15 is 0 Å². The number of allylic oxidation sites excluding steroid dienone is 3. The third kappa shape index (κ3) is 2.26. The maximum atomic E-state index is 3.32. The van der Waals surface area contributed by atoms with Crippen molar-refractivity contribution >= 4 is 48.9 Å². The smallest absolute Gasteiger partial charge is 1.00 e. The van der Waals surface area contributed by atoms with Gasteiger partial charge < -0.3 is 8.17 Å². The van der Waals surface area contributed by atoms with Crippen LogP contribution in [0.4, 0.5) is 0 Å². The molecule has 1 unspecified atom stereocenters. The molecular formula is C9H13BaN. The first-order valence-electron chi connectivity index (χ1n) is 3.73. The summed E-state index contributed by atoms with van der Waals surface area (Å²) >= 11 is 0. The molecule has 2 rings (SSSR count). The number of dihydropyridines is 1. The van der Waals surface area contributed by atoms with Gasteiger partial charge in [-0.25, -0.2) is 0 Å². The van der Waals surface area contributed by atoms with Gasteiger partial charge in [0.2, 0.25) is 0 Å². The summed E-state index contributed by atoms with van der Waals surface area (Å²) in [6.07, 6.45) is 13.1. The summed E-state index contributed by atoms with van der Waals surface area (Å²) < 4.78 is 0. The molecule has 2 aliphatic rings. The molecule has 1 heterocycles. The van der Waals surface area contributed by atoms with Crippen molar-refractivity contribution in [1.29, 1.82) is 0 Å². The molecule has 11 heavy (non-hydrogen) atoms. The van der Waals surface area contributed by atoms with Crippen molar-refractivity contribution in [3.63, 3.8) is 0 Å². The number of hydrogen-bond acceptors (Lipinski definition) is 1. The number of rotatable bonds is 0. The molecular weight excluding hydrogens is 259 g/mol. The van der Waals surface area contributed by atoms with E-state index in [1.165, 1.54) is 5.57 Å². The minimum atomic E-state index is 0. The Bertz CT molecular complexity index is 224. The minimum Gasteiger partial charge on any atom is -1.00 e. The van der Waals surface area contributed by atoms with E-state index in [0.717, 1.165) is 12.8 Å².